The van der Waals surface area contributed by atoms with E-state index >= 15 is 0 Å². The van der Waals surface area contributed by atoms with Gasteiger partial charge in [-0.1, -0.05) is 0 Å². The van der Waals surface area contributed by atoms with Crippen molar-refractivity contribution in [1.82, 2.24) is 0 Å². The van der Waals surface area contributed by atoms with Gasteiger partial charge in [0.25, 0.3) is 0 Å². The average Bonchev–Trinajstić information content (AvgIpc) is 2.67. The van der Waals surface area contributed by atoms with E-state index in [1.165, 1.54) is 28.4 Å². The van der Waals surface area contributed by atoms with Gasteiger partial charge in [-0.05, 0) is 95.6 Å². The summed E-state index contributed by atoms with van der Waals surface area (Å²) in [6.07, 6.45) is 0. The molecule has 5 nitrogen and oxygen atoms in total. The molecular weight excluding hydrogens is 764 g/mol. The number of carbonyl (C=O) groups excluding carboxylic acids is 1. The van der Waals surface area contributed by atoms with Crippen LogP contribution in [0.3, 0.4) is 0 Å². The monoisotopic (exact) mass is 770 g/mol. The summed E-state index contributed by atoms with van der Waals surface area (Å²) in [5, 5.41) is 0. The average molecular weight is 776 g/mol. The van der Waals surface area contributed by atoms with E-state index in [1.54, 1.807) is 0 Å². The maximum atomic E-state index is 13.6. The van der Waals surface area contributed by atoms with E-state index in [0.29, 0.717) is 61.0 Å². The molecule has 2 aromatic carbocycles. The van der Waals surface area contributed by atoms with Gasteiger partial charge in [0.15, 0.2) is 28.8 Å². The molecule has 152 valence electrons. The lowest BCUT2D eigenvalue weighted by Crippen LogP contribution is -2.10. The van der Waals surface area contributed by atoms with Gasteiger partial charge in [-0.25, -0.2) is 0 Å². The third kappa shape index (κ3) is 4.03. The van der Waals surface area contributed by atoms with E-state index in [1.807, 2.05) is 0 Å². The molecule has 0 atom stereocenters. The Hall–Kier alpha value is 0.190. The maximum Gasteiger partial charge on any atom is 0.197 e. The fourth-order valence-corrected chi connectivity index (χ4v) is 6.66. The Bertz CT molecular complexity index is 885. The number of hydrogen-bond donors (Lipinski definition) is 0. The Morgan fingerprint density at radius 2 is 0.750 bits per heavy atom. The summed E-state index contributed by atoms with van der Waals surface area (Å²) < 4.78 is 24.7. The van der Waals surface area contributed by atoms with Crippen molar-refractivity contribution in [2.45, 2.75) is 0 Å². The first kappa shape index (κ1) is 24.5. The molecule has 0 radical (unpaired) electrons. The molecule has 2 rings (SSSR count). The molecule has 0 saturated carbocycles. The van der Waals surface area contributed by atoms with E-state index in [9.17, 15) is 4.79 Å². The molecule has 0 bridgehead atoms. The predicted octanol–water partition coefficient (Wildman–Crippen LogP) is 7.53. The van der Waals surface area contributed by atoms with E-state index in [0.717, 1.165) is 0 Å². The molecular formula is C17H12Br6O5. The van der Waals surface area contributed by atoms with Crippen LogP contribution in [0.25, 0.3) is 0 Å². The van der Waals surface area contributed by atoms with Gasteiger partial charge in [-0.15, -0.1) is 0 Å². The lowest BCUT2D eigenvalue weighted by atomic mass is 10.0. The second-order valence-electron chi connectivity index (χ2n) is 5.10. The standard InChI is InChI=1S/C17H12Br6O5/c1-25-14-9(20)5(7(18)11(22)16(14)27-3)13(24)6-8(19)12(23)17(28-4)15(26-2)10(6)21/h1-4H3. The normalized spacial score (nSPS) is 10.6. The van der Waals surface area contributed by atoms with E-state index in [-0.39, 0.29) is 5.78 Å². The highest BCUT2D eigenvalue weighted by atomic mass is 79.9. The highest BCUT2D eigenvalue weighted by molar-refractivity contribution is 9.13. The summed E-state index contributed by atoms with van der Waals surface area (Å²) in [4.78, 5) is 13.6. The van der Waals surface area contributed by atoms with Gasteiger partial charge in [-0.3, -0.25) is 4.79 Å². The number of halogens is 6. The third-order valence-corrected chi connectivity index (χ3v) is 9.42. The number of carbonyl (C=O) groups is 1. The minimum Gasteiger partial charge on any atom is -0.492 e. The van der Waals surface area contributed by atoms with Crippen LogP contribution in [0.4, 0.5) is 0 Å². The zero-order valence-corrected chi connectivity index (χ0v) is 24.3. The maximum absolute atomic E-state index is 13.6. The third-order valence-electron chi connectivity index (χ3n) is 3.74. The first-order valence-electron chi connectivity index (χ1n) is 7.29. The Labute approximate surface area is 212 Å². The molecule has 0 N–H and O–H groups in total. The first-order valence-corrected chi connectivity index (χ1v) is 12.0. The molecule has 0 spiro atoms. The Kier molecular flexibility index (Phi) is 8.73. The Balaban J connectivity index is 2.89. The molecule has 28 heavy (non-hydrogen) atoms. The van der Waals surface area contributed by atoms with Crippen LogP contribution >= 0.6 is 95.6 Å². The van der Waals surface area contributed by atoms with Crippen LogP contribution in [0.2, 0.25) is 0 Å². The first-order chi connectivity index (χ1) is 13.2. The van der Waals surface area contributed by atoms with Gasteiger partial charge < -0.3 is 18.9 Å². The molecule has 0 aromatic heterocycles. The van der Waals surface area contributed by atoms with Crippen LogP contribution in [0.1, 0.15) is 15.9 Å². The molecule has 0 aliphatic rings. The zero-order valence-electron chi connectivity index (χ0n) is 14.8. The van der Waals surface area contributed by atoms with Gasteiger partial charge in [0.2, 0.25) is 0 Å². The summed E-state index contributed by atoms with van der Waals surface area (Å²) in [5.41, 5.74) is 0.676. The Morgan fingerprint density at radius 1 is 0.500 bits per heavy atom. The van der Waals surface area contributed by atoms with Crippen molar-refractivity contribution >= 4 is 101 Å². The van der Waals surface area contributed by atoms with Gasteiger partial charge in [0.05, 0.1) is 57.5 Å². The molecule has 2 aromatic rings. The van der Waals surface area contributed by atoms with E-state index < -0.39 is 0 Å². The topological polar surface area (TPSA) is 54.0 Å². The van der Waals surface area contributed by atoms with Gasteiger partial charge in [0, 0.05) is 8.95 Å². The lowest BCUT2D eigenvalue weighted by molar-refractivity contribution is 0.103. The molecule has 11 heteroatoms. The van der Waals surface area contributed by atoms with Crippen molar-refractivity contribution in [1.29, 1.82) is 0 Å². The van der Waals surface area contributed by atoms with Crippen molar-refractivity contribution in [3.63, 3.8) is 0 Å². The van der Waals surface area contributed by atoms with Crippen LogP contribution in [-0.4, -0.2) is 34.2 Å². The SMILES string of the molecule is COc1c(Br)c(Br)c(C(=O)c2c(Br)c(Br)c(OC)c(OC)c2Br)c(Br)c1OC. The number of ether oxygens (including phenoxy) is 4. The van der Waals surface area contributed by atoms with E-state index in [4.69, 9.17) is 18.9 Å². The number of hydrogen-bond acceptors (Lipinski definition) is 5. The van der Waals surface area contributed by atoms with Crippen molar-refractivity contribution < 1.29 is 23.7 Å². The van der Waals surface area contributed by atoms with Crippen molar-refractivity contribution in [3.05, 3.63) is 38.0 Å². The van der Waals surface area contributed by atoms with E-state index in [2.05, 4.69) is 95.6 Å². The fraction of sp³-hybridized carbons (Fsp3) is 0.235. The van der Waals surface area contributed by atoms with Gasteiger partial charge in [-0.2, -0.15) is 0 Å². The highest BCUT2D eigenvalue weighted by Crippen LogP contribution is 2.52. The largest absolute Gasteiger partial charge is 0.492 e. The lowest BCUT2D eigenvalue weighted by Gasteiger charge is -2.20. The molecule has 0 heterocycles. The molecule has 0 aliphatic heterocycles. The summed E-state index contributed by atoms with van der Waals surface area (Å²) in [6.45, 7) is 0. The van der Waals surface area contributed by atoms with Crippen LogP contribution in [0.5, 0.6) is 23.0 Å². The molecule has 0 fully saturated rings. The summed E-state index contributed by atoms with van der Waals surface area (Å²) >= 11 is 20.8. The summed E-state index contributed by atoms with van der Waals surface area (Å²) in [7, 11) is 6.02. The predicted molar refractivity (Wildman–Crippen MR) is 129 cm³/mol. The molecule has 0 amide bonds. The minimum absolute atomic E-state index is 0.305. The fourth-order valence-electron chi connectivity index (χ4n) is 2.49. The highest BCUT2D eigenvalue weighted by Gasteiger charge is 2.32. The molecule has 0 saturated heterocycles. The summed E-state index contributed by atoms with van der Waals surface area (Å²) in [6, 6.07) is 0. The van der Waals surface area contributed by atoms with Gasteiger partial charge >= 0.3 is 0 Å². The number of ketones is 1. The second-order valence-corrected chi connectivity index (χ2v) is 9.85. The number of rotatable bonds is 6. The van der Waals surface area contributed by atoms with Gasteiger partial charge in [0.1, 0.15) is 0 Å². The van der Waals surface area contributed by atoms with Crippen molar-refractivity contribution in [2.75, 3.05) is 28.4 Å². The van der Waals surface area contributed by atoms with Crippen molar-refractivity contribution in [2.24, 2.45) is 0 Å². The minimum atomic E-state index is -0.305. The zero-order chi connectivity index (χ0) is 21.3. The van der Waals surface area contributed by atoms with Crippen LogP contribution in [0.15, 0.2) is 26.8 Å². The quantitative estimate of drug-likeness (QED) is 0.225. The van der Waals surface area contributed by atoms with Crippen LogP contribution in [0, 0.1) is 0 Å². The second kappa shape index (κ2) is 10.00. The number of methoxy groups -OCH3 is 4. The number of benzene rings is 2. The van der Waals surface area contributed by atoms with Crippen LogP contribution in [-0.2, 0) is 0 Å². The Morgan fingerprint density at radius 3 is 1.00 bits per heavy atom. The molecule has 0 unspecified atom stereocenters. The summed E-state index contributed by atoms with van der Waals surface area (Å²) in [5.74, 6) is 1.36. The van der Waals surface area contributed by atoms with Crippen LogP contribution < -0.4 is 18.9 Å². The van der Waals surface area contributed by atoms with Crippen molar-refractivity contribution in [3.8, 4) is 23.0 Å². The smallest absolute Gasteiger partial charge is 0.197 e. The molecule has 0 aliphatic carbocycles.